The first-order valence-electron chi connectivity index (χ1n) is 12.9. The van der Waals surface area contributed by atoms with Gasteiger partial charge in [0.05, 0.1) is 10.7 Å². The second kappa shape index (κ2) is 13.4. The number of nitrogens with one attached hydrogen (secondary N) is 1. The summed E-state index contributed by atoms with van der Waals surface area (Å²) >= 11 is 14.0. The molecule has 0 aliphatic carbocycles. The standard InChI is InChI=1S/C27H23Cl2F6N7O2S/c1-13-7-15(28)8-18(25(44)37-14(2)12-45-3)17(13)10-21(43)20-9-16(38-42(20)24-19(29)5-4-6-36-24)11-41-39-22(26(30,31)32)23(40-41)27(33,34)35/h4-9,14H,10-12H2,1-3H3,(H,37,44)/t14-/m0/s1. The predicted octanol–water partition coefficient (Wildman–Crippen LogP) is 6.47. The first-order chi connectivity index (χ1) is 21.0. The lowest BCUT2D eigenvalue weighted by Gasteiger charge is -2.17. The molecule has 0 radical (unpaired) electrons. The highest BCUT2D eigenvalue weighted by molar-refractivity contribution is 7.98. The quantitative estimate of drug-likeness (QED) is 0.150. The average molecular weight is 694 g/mol. The molecule has 1 N–H and O–H groups in total. The summed E-state index contributed by atoms with van der Waals surface area (Å²) in [6.07, 6.45) is -7.99. The van der Waals surface area contributed by atoms with Crippen LogP contribution in [0.4, 0.5) is 26.3 Å². The van der Waals surface area contributed by atoms with Crippen molar-refractivity contribution in [3.05, 3.63) is 86.0 Å². The molecule has 1 aromatic carbocycles. The lowest BCUT2D eigenvalue weighted by Crippen LogP contribution is -2.35. The Morgan fingerprint density at radius 2 is 1.67 bits per heavy atom. The van der Waals surface area contributed by atoms with Gasteiger partial charge in [0.25, 0.3) is 5.91 Å². The average Bonchev–Trinajstić information content (AvgIpc) is 3.55. The molecule has 1 amide bonds. The normalized spacial score (nSPS) is 12.8. The lowest BCUT2D eigenvalue weighted by molar-refractivity contribution is -0.165. The van der Waals surface area contributed by atoms with Crippen LogP contribution in [0.25, 0.3) is 5.82 Å². The fraction of sp³-hybridized carbons (Fsp3) is 0.333. The van der Waals surface area contributed by atoms with Gasteiger partial charge in [-0.25, -0.2) is 9.67 Å². The molecule has 0 spiro atoms. The molecule has 1 atom stereocenters. The maximum Gasteiger partial charge on any atom is 0.437 e. The number of amides is 1. The van der Waals surface area contributed by atoms with Gasteiger partial charge in [-0.2, -0.15) is 48.0 Å². The number of carbonyl (C=O) groups is 2. The van der Waals surface area contributed by atoms with Crippen LogP contribution in [0.2, 0.25) is 10.0 Å². The SMILES string of the molecule is CSC[C@H](C)NC(=O)c1cc(Cl)cc(C)c1CC(=O)c1cc(Cn2nc(C(F)(F)F)c(C(F)(F)F)n2)nn1-c1ncccc1Cl. The van der Waals surface area contributed by atoms with Crippen LogP contribution in [0.15, 0.2) is 36.5 Å². The number of benzene rings is 1. The first kappa shape index (κ1) is 34.2. The van der Waals surface area contributed by atoms with Gasteiger partial charge in [0.15, 0.2) is 23.0 Å². The Labute approximate surface area is 266 Å². The Bertz CT molecular complexity index is 1710. The van der Waals surface area contributed by atoms with Gasteiger partial charge in [-0.3, -0.25) is 9.59 Å². The second-order valence-electron chi connectivity index (χ2n) is 9.84. The monoisotopic (exact) mass is 693 g/mol. The number of nitrogens with zero attached hydrogens (tertiary/aromatic N) is 6. The van der Waals surface area contributed by atoms with Crippen molar-refractivity contribution in [1.29, 1.82) is 0 Å². The van der Waals surface area contributed by atoms with E-state index in [1.54, 1.807) is 13.0 Å². The number of aryl methyl sites for hydroxylation is 1. The van der Waals surface area contributed by atoms with E-state index in [1.165, 1.54) is 36.2 Å². The number of halogens is 8. The minimum absolute atomic E-state index is 0.0363. The molecular formula is C27H23Cl2F6N7O2S. The Balaban J connectivity index is 1.76. The number of hydrogen-bond acceptors (Lipinski definition) is 7. The zero-order chi connectivity index (χ0) is 33.3. The molecule has 0 saturated heterocycles. The molecule has 0 unspecified atom stereocenters. The molecule has 0 aliphatic rings. The molecule has 3 aromatic heterocycles. The number of ketones is 1. The second-order valence-corrected chi connectivity index (χ2v) is 11.6. The number of rotatable bonds is 10. The lowest BCUT2D eigenvalue weighted by atomic mass is 9.95. The molecule has 240 valence electrons. The largest absolute Gasteiger partial charge is 0.437 e. The van der Waals surface area contributed by atoms with Crippen molar-refractivity contribution in [2.24, 2.45) is 0 Å². The molecule has 18 heteroatoms. The third-order valence-corrected chi connectivity index (χ3v) is 7.64. The summed E-state index contributed by atoms with van der Waals surface area (Å²) in [5, 5.41) is 13.4. The number of pyridine rings is 1. The van der Waals surface area contributed by atoms with Crippen molar-refractivity contribution in [2.75, 3.05) is 12.0 Å². The van der Waals surface area contributed by atoms with Gasteiger partial charge >= 0.3 is 12.4 Å². The third-order valence-electron chi connectivity index (χ3n) is 6.29. The van der Waals surface area contributed by atoms with Gasteiger partial charge in [0.2, 0.25) is 0 Å². The van der Waals surface area contributed by atoms with E-state index in [-0.39, 0.29) is 50.1 Å². The van der Waals surface area contributed by atoms with Crippen LogP contribution >= 0.6 is 35.0 Å². The summed E-state index contributed by atoms with van der Waals surface area (Å²) < 4.78 is 80.8. The van der Waals surface area contributed by atoms with Crippen LogP contribution in [0.1, 0.15) is 56.0 Å². The Morgan fingerprint density at radius 3 is 2.24 bits per heavy atom. The highest BCUT2D eigenvalue weighted by Crippen LogP contribution is 2.38. The van der Waals surface area contributed by atoms with Crippen LogP contribution in [-0.4, -0.2) is 59.5 Å². The number of hydrogen-bond donors (Lipinski definition) is 1. The molecular weight excluding hydrogens is 671 g/mol. The van der Waals surface area contributed by atoms with Gasteiger partial charge in [-0.15, -0.1) is 10.2 Å². The van der Waals surface area contributed by atoms with Crippen LogP contribution in [0.5, 0.6) is 0 Å². The number of thioether (sulfide) groups is 1. The van der Waals surface area contributed by atoms with E-state index in [4.69, 9.17) is 23.2 Å². The topological polar surface area (TPSA) is 108 Å². The van der Waals surface area contributed by atoms with Gasteiger partial charge in [-0.05, 0) is 61.6 Å². The number of carbonyl (C=O) groups excluding carboxylic acids is 2. The molecule has 45 heavy (non-hydrogen) atoms. The van der Waals surface area contributed by atoms with Crippen LogP contribution in [0, 0.1) is 6.92 Å². The van der Waals surface area contributed by atoms with E-state index >= 15 is 0 Å². The minimum Gasteiger partial charge on any atom is -0.349 e. The van der Waals surface area contributed by atoms with Crippen LogP contribution in [0.3, 0.4) is 0 Å². The van der Waals surface area contributed by atoms with Gasteiger partial charge in [0.1, 0.15) is 12.2 Å². The molecule has 0 saturated carbocycles. The summed E-state index contributed by atoms with van der Waals surface area (Å²) in [5.74, 6) is -0.484. The first-order valence-corrected chi connectivity index (χ1v) is 15.1. The van der Waals surface area contributed by atoms with E-state index in [9.17, 15) is 35.9 Å². The number of Topliss-reactive ketones (excluding diaryl/α,β-unsaturated/α-hetero) is 1. The maximum absolute atomic E-state index is 13.8. The van der Waals surface area contributed by atoms with Gasteiger partial charge in [-0.1, -0.05) is 23.2 Å². The molecule has 4 rings (SSSR count). The summed E-state index contributed by atoms with van der Waals surface area (Å²) in [4.78, 5) is 31.3. The summed E-state index contributed by atoms with van der Waals surface area (Å²) in [7, 11) is 0. The van der Waals surface area contributed by atoms with E-state index in [0.29, 0.717) is 16.9 Å². The molecule has 0 aliphatic heterocycles. The van der Waals surface area contributed by atoms with Crippen molar-refractivity contribution >= 4 is 46.7 Å². The van der Waals surface area contributed by atoms with E-state index in [2.05, 4.69) is 25.6 Å². The van der Waals surface area contributed by atoms with Crippen molar-refractivity contribution in [3.8, 4) is 5.82 Å². The van der Waals surface area contributed by atoms with Gasteiger partial charge < -0.3 is 5.32 Å². The van der Waals surface area contributed by atoms with Crippen molar-refractivity contribution in [3.63, 3.8) is 0 Å². The number of alkyl halides is 6. The van der Waals surface area contributed by atoms with Crippen LogP contribution in [-0.2, 0) is 25.3 Å². The fourth-order valence-electron chi connectivity index (χ4n) is 4.40. The molecule has 4 aromatic rings. The molecule has 0 bridgehead atoms. The van der Waals surface area contributed by atoms with Crippen LogP contribution < -0.4 is 5.32 Å². The fourth-order valence-corrected chi connectivity index (χ4v) is 5.46. The Kier molecular flexibility index (Phi) is 10.2. The highest BCUT2D eigenvalue weighted by atomic mass is 35.5. The summed E-state index contributed by atoms with van der Waals surface area (Å²) in [5.41, 5.74) is -3.73. The highest BCUT2D eigenvalue weighted by Gasteiger charge is 2.48. The zero-order valence-corrected chi connectivity index (χ0v) is 25.9. The molecule has 3 heterocycles. The maximum atomic E-state index is 13.8. The number of aromatic nitrogens is 6. The van der Waals surface area contributed by atoms with Crippen molar-refractivity contribution < 1.29 is 35.9 Å². The predicted molar refractivity (Wildman–Crippen MR) is 155 cm³/mol. The van der Waals surface area contributed by atoms with Crippen molar-refractivity contribution in [1.82, 2.24) is 35.1 Å². The van der Waals surface area contributed by atoms with Crippen molar-refractivity contribution in [2.45, 2.75) is 45.2 Å². The van der Waals surface area contributed by atoms with E-state index in [0.717, 1.165) is 10.7 Å². The van der Waals surface area contributed by atoms with E-state index in [1.807, 2.05) is 13.2 Å². The Hall–Kier alpha value is -3.63. The minimum atomic E-state index is -5.43. The van der Waals surface area contributed by atoms with E-state index < -0.39 is 42.0 Å². The summed E-state index contributed by atoms with van der Waals surface area (Å²) in [6.45, 7) is 2.71. The third kappa shape index (κ3) is 7.97. The van der Waals surface area contributed by atoms with Gasteiger partial charge in [0, 0.05) is 35.0 Å². The Morgan fingerprint density at radius 1 is 1.02 bits per heavy atom. The smallest absolute Gasteiger partial charge is 0.349 e. The molecule has 0 fully saturated rings. The molecule has 9 nitrogen and oxygen atoms in total. The summed E-state index contributed by atoms with van der Waals surface area (Å²) in [6, 6.07) is 6.91. The zero-order valence-electron chi connectivity index (χ0n) is 23.6.